The monoisotopic (exact) mass is 437 g/mol. The highest BCUT2D eigenvalue weighted by atomic mass is 19.4. The van der Waals surface area contributed by atoms with Crippen molar-refractivity contribution < 1.29 is 32.2 Å². The molecule has 0 bridgehead atoms. The Kier molecular flexibility index (Phi) is 7.60. The molecule has 0 spiro atoms. The summed E-state index contributed by atoms with van der Waals surface area (Å²) in [5.74, 6) is 0.961. The van der Waals surface area contributed by atoms with E-state index < -0.39 is 17.2 Å². The molecule has 0 saturated carbocycles. The van der Waals surface area contributed by atoms with Gasteiger partial charge in [0, 0.05) is 18.0 Å². The zero-order chi connectivity index (χ0) is 23.2. The summed E-state index contributed by atoms with van der Waals surface area (Å²) in [5.41, 5.74) is -0.276. The number of ether oxygens (including phenoxy) is 3. The van der Waals surface area contributed by atoms with E-state index in [9.17, 15) is 18.0 Å². The van der Waals surface area contributed by atoms with Gasteiger partial charge < -0.3 is 19.5 Å². The highest BCUT2D eigenvalue weighted by Crippen LogP contribution is 2.38. The first-order valence-corrected chi connectivity index (χ1v) is 9.45. The first kappa shape index (κ1) is 24.1. The minimum atomic E-state index is -4.42. The number of benzene rings is 2. The lowest BCUT2D eigenvalue weighted by molar-refractivity contribution is -0.137. The van der Waals surface area contributed by atoms with Crippen molar-refractivity contribution in [2.24, 2.45) is 0 Å². The molecule has 1 amide bonds. The number of hydrogen-bond donors (Lipinski definition) is 1. The smallest absolute Gasteiger partial charge is 0.416 e. The van der Waals surface area contributed by atoms with Crippen molar-refractivity contribution in [3.8, 4) is 17.2 Å². The molecule has 0 atom stereocenters. The second-order valence-corrected chi connectivity index (χ2v) is 7.47. The number of amides is 1. The van der Waals surface area contributed by atoms with Crippen LogP contribution in [0.4, 0.5) is 13.2 Å². The number of rotatable bonds is 8. The molecule has 2 rings (SSSR count). The topological polar surface area (TPSA) is 56.8 Å². The number of halogens is 3. The molecule has 1 N–H and O–H groups in total. The van der Waals surface area contributed by atoms with Crippen LogP contribution >= 0.6 is 0 Å². The fourth-order valence-electron chi connectivity index (χ4n) is 2.96. The van der Waals surface area contributed by atoms with Crippen LogP contribution in [0.1, 0.15) is 30.5 Å². The highest BCUT2D eigenvalue weighted by Gasteiger charge is 2.32. The van der Waals surface area contributed by atoms with E-state index in [1.807, 2.05) is 0 Å². The quantitative estimate of drug-likeness (QED) is 0.601. The molecular formula is C23H26F3NO4. The molecule has 0 saturated heterocycles. The molecule has 0 heterocycles. The van der Waals surface area contributed by atoms with Crippen molar-refractivity contribution in [1.29, 1.82) is 0 Å². The van der Waals surface area contributed by atoms with E-state index in [1.54, 1.807) is 38.1 Å². The van der Waals surface area contributed by atoms with E-state index in [0.29, 0.717) is 28.4 Å². The van der Waals surface area contributed by atoms with Gasteiger partial charge in [0.05, 0.1) is 26.9 Å². The summed E-state index contributed by atoms with van der Waals surface area (Å²) in [4.78, 5) is 12.3. The lowest BCUT2D eigenvalue weighted by Crippen LogP contribution is -2.36. The van der Waals surface area contributed by atoms with Crippen molar-refractivity contribution in [1.82, 2.24) is 5.32 Å². The van der Waals surface area contributed by atoms with E-state index in [2.05, 4.69) is 5.32 Å². The zero-order valence-corrected chi connectivity index (χ0v) is 18.1. The molecule has 2 aromatic carbocycles. The summed E-state index contributed by atoms with van der Waals surface area (Å²) in [6, 6.07) is 8.50. The minimum Gasteiger partial charge on any atom is -0.493 e. The van der Waals surface area contributed by atoms with E-state index >= 15 is 0 Å². The molecule has 0 unspecified atom stereocenters. The molecule has 5 nitrogen and oxygen atoms in total. The van der Waals surface area contributed by atoms with E-state index in [0.717, 1.165) is 12.1 Å². The van der Waals surface area contributed by atoms with Crippen molar-refractivity contribution in [3.05, 3.63) is 59.2 Å². The standard InChI is InChI=1S/C23H26F3NO4/c1-22(2,16-7-6-8-17(13-16)23(24,25)26)14-27-20(28)10-9-15-11-18(29-3)21(31-5)19(12-15)30-4/h6-13H,14H2,1-5H3,(H,27,28). The SMILES string of the molecule is COc1cc(C=CC(=O)NCC(C)(C)c2cccc(C(F)(F)F)c2)cc(OC)c1OC. The third-order valence-electron chi connectivity index (χ3n) is 4.79. The molecule has 0 aliphatic rings. The Morgan fingerprint density at radius 2 is 1.55 bits per heavy atom. The maximum absolute atomic E-state index is 13.0. The van der Waals surface area contributed by atoms with Crippen LogP contribution in [-0.4, -0.2) is 33.8 Å². The van der Waals surface area contributed by atoms with Crippen molar-refractivity contribution >= 4 is 12.0 Å². The van der Waals surface area contributed by atoms with Crippen LogP contribution in [0, 0.1) is 0 Å². The molecule has 168 valence electrons. The van der Waals surface area contributed by atoms with Crippen molar-refractivity contribution in [2.45, 2.75) is 25.4 Å². The average Bonchev–Trinajstić information content (AvgIpc) is 2.74. The molecule has 8 heteroatoms. The van der Waals surface area contributed by atoms with Crippen molar-refractivity contribution in [3.63, 3.8) is 0 Å². The van der Waals surface area contributed by atoms with Gasteiger partial charge in [-0.3, -0.25) is 4.79 Å². The fraction of sp³-hybridized carbons (Fsp3) is 0.348. The van der Waals surface area contributed by atoms with Gasteiger partial charge in [-0.2, -0.15) is 13.2 Å². The van der Waals surface area contributed by atoms with E-state index in [4.69, 9.17) is 14.2 Å². The average molecular weight is 437 g/mol. The predicted octanol–water partition coefficient (Wildman–Crippen LogP) is 4.84. The molecule has 0 aliphatic carbocycles. The molecule has 0 radical (unpaired) electrons. The second-order valence-electron chi connectivity index (χ2n) is 7.47. The zero-order valence-electron chi connectivity index (χ0n) is 18.1. The maximum atomic E-state index is 13.0. The Hall–Kier alpha value is -3.16. The van der Waals surface area contributed by atoms with Gasteiger partial charge in [-0.05, 0) is 35.4 Å². The van der Waals surface area contributed by atoms with Gasteiger partial charge in [-0.15, -0.1) is 0 Å². The third-order valence-corrected chi connectivity index (χ3v) is 4.79. The van der Waals surface area contributed by atoms with Gasteiger partial charge in [-0.1, -0.05) is 32.0 Å². The van der Waals surface area contributed by atoms with Gasteiger partial charge in [-0.25, -0.2) is 0 Å². The molecule has 2 aromatic rings. The maximum Gasteiger partial charge on any atom is 0.416 e. The summed E-state index contributed by atoms with van der Waals surface area (Å²) in [5, 5.41) is 2.74. The Balaban J connectivity index is 2.10. The summed E-state index contributed by atoms with van der Waals surface area (Å²) in [6.07, 6.45) is -1.50. The third kappa shape index (κ3) is 6.16. The van der Waals surface area contributed by atoms with Gasteiger partial charge in [0.25, 0.3) is 0 Å². The van der Waals surface area contributed by atoms with Crippen LogP contribution in [0.2, 0.25) is 0 Å². The molecule has 31 heavy (non-hydrogen) atoms. The number of carbonyl (C=O) groups is 1. The summed E-state index contributed by atoms with van der Waals surface area (Å²) < 4.78 is 54.8. The molecule has 0 fully saturated rings. The number of alkyl halides is 3. The normalized spacial score (nSPS) is 12.0. The van der Waals surface area contributed by atoms with Crippen LogP contribution in [0.3, 0.4) is 0 Å². The first-order chi connectivity index (χ1) is 14.5. The highest BCUT2D eigenvalue weighted by molar-refractivity contribution is 5.92. The number of carbonyl (C=O) groups excluding carboxylic acids is 1. The van der Waals surface area contributed by atoms with Crippen molar-refractivity contribution in [2.75, 3.05) is 27.9 Å². The fourth-order valence-corrected chi connectivity index (χ4v) is 2.96. The first-order valence-electron chi connectivity index (χ1n) is 9.45. The Bertz CT molecular complexity index is 927. The van der Waals surface area contributed by atoms with E-state index in [-0.39, 0.29) is 12.5 Å². The second kappa shape index (κ2) is 9.76. The van der Waals surface area contributed by atoms with Crippen LogP contribution in [0.25, 0.3) is 6.08 Å². The summed E-state index contributed by atoms with van der Waals surface area (Å²) >= 11 is 0. The Morgan fingerprint density at radius 1 is 0.968 bits per heavy atom. The van der Waals surface area contributed by atoms with Gasteiger partial charge >= 0.3 is 6.18 Å². The van der Waals surface area contributed by atoms with E-state index in [1.165, 1.54) is 33.5 Å². The van der Waals surface area contributed by atoms with Gasteiger partial charge in [0.2, 0.25) is 11.7 Å². The molecular weight excluding hydrogens is 411 g/mol. The van der Waals surface area contributed by atoms with Crippen LogP contribution in [0.15, 0.2) is 42.5 Å². The number of methoxy groups -OCH3 is 3. The van der Waals surface area contributed by atoms with Gasteiger partial charge in [0.15, 0.2) is 11.5 Å². The Morgan fingerprint density at radius 3 is 2.06 bits per heavy atom. The number of hydrogen-bond acceptors (Lipinski definition) is 4. The lowest BCUT2D eigenvalue weighted by Gasteiger charge is -2.26. The summed E-state index contributed by atoms with van der Waals surface area (Å²) in [7, 11) is 4.48. The molecule has 0 aliphatic heterocycles. The van der Waals surface area contributed by atoms with Crippen LogP contribution in [-0.2, 0) is 16.4 Å². The largest absolute Gasteiger partial charge is 0.493 e. The van der Waals surface area contributed by atoms with Crippen LogP contribution < -0.4 is 19.5 Å². The Labute approximate surface area is 179 Å². The van der Waals surface area contributed by atoms with Crippen LogP contribution in [0.5, 0.6) is 17.2 Å². The number of nitrogens with one attached hydrogen (secondary N) is 1. The van der Waals surface area contributed by atoms with Gasteiger partial charge in [0.1, 0.15) is 0 Å². The summed E-state index contributed by atoms with van der Waals surface area (Å²) in [6.45, 7) is 3.70. The minimum absolute atomic E-state index is 0.159. The molecule has 0 aromatic heterocycles. The lowest BCUT2D eigenvalue weighted by atomic mass is 9.83. The predicted molar refractivity (Wildman–Crippen MR) is 113 cm³/mol.